The highest BCUT2D eigenvalue weighted by Gasteiger charge is 2.15. The summed E-state index contributed by atoms with van der Waals surface area (Å²) >= 11 is 0. The Morgan fingerprint density at radius 3 is 2.31 bits per heavy atom. The van der Waals surface area contributed by atoms with Crippen LogP contribution in [-0.4, -0.2) is 4.57 Å². The Labute approximate surface area is 168 Å². The molecule has 0 radical (unpaired) electrons. The van der Waals surface area contributed by atoms with Crippen LogP contribution in [0.15, 0.2) is 91.0 Å². The molecule has 134 valence electrons. The summed E-state index contributed by atoms with van der Waals surface area (Å²) in [6.45, 7) is 7.53. The highest BCUT2D eigenvalue weighted by atomic mass is 15.0. The molecule has 3 heteroatoms. The van der Waals surface area contributed by atoms with Gasteiger partial charge in [0.25, 0.3) is 0 Å². The molecule has 0 amide bonds. The Kier molecular flexibility index (Phi) is 3.87. The first-order valence-corrected chi connectivity index (χ1v) is 9.31. The van der Waals surface area contributed by atoms with Crippen LogP contribution in [0.5, 0.6) is 0 Å². The molecule has 4 aromatic carbocycles. The Balaban J connectivity index is 1.87. The zero-order chi connectivity index (χ0) is 19.8. The lowest BCUT2D eigenvalue weighted by Crippen LogP contribution is -1.93. The van der Waals surface area contributed by atoms with Crippen molar-refractivity contribution in [2.45, 2.75) is 0 Å². The second kappa shape index (κ2) is 6.68. The summed E-state index contributed by atoms with van der Waals surface area (Å²) in [4.78, 5) is 3.64. The minimum Gasteiger partial charge on any atom is -0.309 e. The van der Waals surface area contributed by atoms with Crippen LogP contribution in [0.25, 0.3) is 43.5 Å². The Morgan fingerprint density at radius 2 is 1.52 bits per heavy atom. The number of benzene rings is 4. The standard InChI is InChI=1S/C26H15N3/c1-28-23-12-7-8-19(17-27)26(23)18-14-15-25-22(16-18)21-11-5-6-13-24(21)29(25)20-9-3-2-4-10-20/h2-16H. The Morgan fingerprint density at radius 1 is 0.759 bits per heavy atom. The van der Waals surface area contributed by atoms with Gasteiger partial charge >= 0.3 is 0 Å². The summed E-state index contributed by atoms with van der Waals surface area (Å²) in [5, 5.41) is 11.8. The molecule has 29 heavy (non-hydrogen) atoms. The molecule has 0 aliphatic carbocycles. The van der Waals surface area contributed by atoms with Crippen LogP contribution in [0.2, 0.25) is 0 Å². The molecule has 0 saturated carbocycles. The summed E-state index contributed by atoms with van der Waals surface area (Å²) in [6, 6.07) is 32.3. The molecule has 1 heterocycles. The minimum absolute atomic E-state index is 0.496. The molecule has 1 aromatic heterocycles. The molecule has 0 spiro atoms. The minimum atomic E-state index is 0.496. The van der Waals surface area contributed by atoms with Crippen molar-refractivity contribution >= 4 is 27.5 Å². The van der Waals surface area contributed by atoms with Crippen molar-refractivity contribution in [2.24, 2.45) is 0 Å². The first-order valence-electron chi connectivity index (χ1n) is 9.31. The van der Waals surface area contributed by atoms with E-state index in [0.717, 1.165) is 33.1 Å². The fraction of sp³-hybridized carbons (Fsp3) is 0. The van der Waals surface area contributed by atoms with Gasteiger partial charge < -0.3 is 4.57 Å². The monoisotopic (exact) mass is 369 g/mol. The summed E-state index contributed by atoms with van der Waals surface area (Å²) in [5.41, 5.74) is 5.93. The molecule has 0 atom stereocenters. The number of para-hydroxylation sites is 2. The predicted octanol–water partition coefficient (Wildman–Crippen LogP) is 6.87. The largest absolute Gasteiger partial charge is 0.309 e. The van der Waals surface area contributed by atoms with Crippen molar-refractivity contribution < 1.29 is 0 Å². The van der Waals surface area contributed by atoms with E-state index in [2.05, 4.69) is 51.9 Å². The maximum Gasteiger partial charge on any atom is 0.196 e. The van der Waals surface area contributed by atoms with E-state index in [1.54, 1.807) is 18.2 Å². The maximum atomic E-state index is 9.58. The molecule has 0 fully saturated rings. The van der Waals surface area contributed by atoms with Crippen molar-refractivity contribution in [1.29, 1.82) is 5.26 Å². The molecule has 5 rings (SSSR count). The first kappa shape index (κ1) is 16.8. The van der Waals surface area contributed by atoms with Gasteiger partial charge in [0, 0.05) is 27.6 Å². The summed E-state index contributed by atoms with van der Waals surface area (Å²) in [5.74, 6) is 0. The average Bonchev–Trinajstić information content (AvgIpc) is 3.12. The molecule has 0 aliphatic heterocycles. The Bertz CT molecular complexity index is 1430. The summed E-state index contributed by atoms with van der Waals surface area (Å²) < 4.78 is 2.25. The third-order valence-corrected chi connectivity index (χ3v) is 5.26. The van der Waals surface area contributed by atoms with Crippen LogP contribution in [0.4, 0.5) is 5.69 Å². The first-order chi connectivity index (χ1) is 14.3. The molecule has 3 nitrogen and oxygen atoms in total. The van der Waals surface area contributed by atoms with E-state index in [0.29, 0.717) is 16.8 Å². The van der Waals surface area contributed by atoms with Crippen molar-refractivity contribution in [3.05, 3.63) is 108 Å². The smallest absolute Gasteiger partial charge is 0.196 e. The van der Waals surface area contributed by atoms with Gasteiger partial charge in [0.15, 0.2) is 5.69 Å². The number of fused-ring (bicyclic) bond motifs is 3. The topological polar surface area (TPSA) is 33.1 Å². The fourth-order valence-electron chi connectivity index (χ4n) is 4.01. The second-order valence-corrected chi connectivity index (χ2v) is 6.84. The number of hydrogen-bond acceptors (Lipinski definition) is 1. The van der Waals surface area contributed by atoms with Crippen LogP contribution in [0.1, 0.15) is 5.56 Å². The highest BCUT2D eigenvalue weighted by Crippen LogP contribution is 2.38. The number of rotatable bonds is 2. The lowest BCUT2D eigenvalue weighted by molar-refractivity contribution is 1.18. The molecule has 0 N–H and O–H groups in total. The fourth-order valence-corrected chi connectivity index (χ4v) is 4.01. The third kappa shape index (κ3) is 2.57. The van der Waals surface area contributed by atoms with E-state index in [-0.39, 0.29) is 0 Å². The second-order valence-electron chi connectivity index (χ2n) is 6.84. The summed E-state index contributed by atoms with van der Waals surface area (Å²) in [6.07, 6.45) is 0. The quantitative estimate of drug-likeness (QED) is 0.312. The van der Waals surface area contributed by atoms with Crippen LogP contribution in [-0.2, 0) is 0 Å². The lowest BCUT2D eigenvalue weighted by Gasteiger charge is -2.09. The molecule has 5 aromatic rings. The summed E-state index contributed by atoms with van der Waals surface area (Å²) in [7, 11) is 0. The highest BCUT2D eigenvalue weighted by molar-refractivity contribution is 6.10. The van der Waals surface area contributed by atoms with E-state index in [9.17, 15) is 5.26 Å². The van der Waals surface area contributed by atoms with Crippen LogP contribution < -0.4 is 0 Å². The van der Waals surface area contributed by atoms with Gasteiger partial charge in [-0.1, -0.05) is 54.6 Å². The maximum absolute atomic E-state index is 9.58. The van der Waals surface area contributed by atoms with E-state index < -0.39 is 0 Å². The molecule has 0 aliphatic rings. The van der Waals surface area contributed by atoms with Crippen molar-refractivity contribution in [3.63, 3.8) is 0 Å². The molecular formula is C26H15N3. The van der Waals surface area contributed by atoms with Crippen LogP contribution >= 0.6 is 0 Å². The van der Waals surface area contributed by atoms with Crippen LogP contribution in [0.3, 0.4) is 0 Å². The molecular weight excluding hydrogens is 354 g/mol. The van der Waals surface area contributed by atoms with E-state index in [1.807, 2.05) is 36.4 Å². The van der Waals surface area contributed by atoms with Crippen molar-refractivity contribution in [2.75, 3.05) is 0 Å². The SMILES string of the molecule is [C-]#[N+]c1cccc(C#N)c1-c1ccc2c(c1)c1ccccc1n2-c1ccccc1. The van der Waals surface area contributed by atoms with Gasteiger partial charge in [0.05, 0.1) is 23.7 Å². The van der Waals surface area contributed by atoms with Gasteiger partial charge in [0.1, 0.15) is 0 Å². The normalized spacial score (nSPS) is 10.7. The average molecular weight is 369 g/mol. The molecule has 0 bridgehead atoms. The van der Waals surface area contributed by atoms with E-state index in [1.165, 1.54) is 0 Å². The molecule has 0 unspecified atom stereocenters. The zero-order valence-corrected chi connectivity index (χ0v) is 15.5. The van der Waals surface area contributed by atoms with E-state index >= 15 is 0 Å². The van der Waals surface area contributed by atoms with Crippen molar-refractivity contribution in [1.82, 2.24) is 4.57 Å². The van der Waals surface area contributed by atoms with Gasteiger partial charge in [0.2, 0.25) is 0 Å². The number of hydrogen-bond donors (Lipinski definition) is 0. The van der Waals surface area contributed by atoms with Gasteiger partial charge in [-0.05, 0) is 42.0 Å². The van der Waals surface area contributed by atoms with Gasteiger partial charge in [-0.15, -0.1) is 0 Å². The molecule has 0 saturated heterocycles. The lowest BCUT2D eigenvalue weighted by atomic mass is 9.97. The van der Waals surface area contributed by atoms with Gasteiger partial charge in [-0.2, -0.15) is 5.26 Å². The number of nitrogens with zero attached hydrogens (tertiary/aromatic N) is 3. The third-order valence-electron chi connectivity index (χ3n) is 5.26. The van der Waals surface area contributed by atoms with Crippen LogP contribution in [0, 0.1) is 17.9 Å². The van der Waals surface area contributed by atoms with Crippen molar-refractivity contribution in [3.8, 4) is 22.9 Å². The van der Waals surface area contributed by atoms with Gasteiger partial charge in [-0.25, -0.2) is 4.85 Å². The van der Waals surface area contributed by atoms with Gasteiger partial charge in [-0.3, -0.25) is 0 Å². The zero-order valence-electron chi connectivity index (χ0n) is 15.5. The number of aromatic nitrogens is 1. The van der Waals surface area contributed by atoms with E-state index in [4.69, 9.17) is 6.57 Å². The number of nitriles is 1. The Hall–Kier alpha value is -4.34. The predicted molar refractivity (Wildman–Crippen MR) is 117 cm³/mol.